The monoisotopic (exact) mass is 275 g/mol. The van der Waals surface area contributed by atoms with E-state index in [1.807, 2.05) is 0 Å². The van der Waals surface area contributed by atoms with E-state index in [9.17, 15) is 4.79 Å². The summed E-state index contributed by atoms with van der Waals surface area (Å²) >= 11 is 0. The second-order valence-electron chi connectivity index (χ2n) is 3.75. The lowest BCUT2D eigenvalue weighted by molar-refractivity contribution is 0.0592. The van der Waals surface area contributed by atoms with Gasteiger partial charge in [-0.15, -0.1) is 0 Å². The lowest BCUT2D eigenvalue weighted by Crippen LogP contribution is -2.05. The van der Waals surface area contributed by atoms with Crippen molar-refractivity contribution in [3.05, 3.63) is 36.3 Å². The van der Waals surface area contributed by atoms with Gasteiger partial charge in [-0.2, -0.15) is 0 Å². The Hall–Kier alpha value is -2.83. The number of anilines is 1. The molecule has 2 N–H and O–H groups in total. The summed E-state index contributed by atoms with van der Waals surface area (Å²) in [7, 11) is 2.76. The van der Waals surface area contributed by atoms with Crippen molar-refractivity contribution in [2.24, 2.45) is 0 Å². The molecule has 1 heterocycles. The third kappa shape index (κ3) is 2.94. The lowest BCUT2D eigenvalue weighted by atomic mass is 10.3. The number of nitrogen functional groups attached to an aromatic ring is 1. The van der Waals surface area contributed by atoms with Crippen LogP contribution in [0, 0.1) is 0 Å². The minimum Gasteiger partial charge on any atom is -0.493 e. The van der Waals surface area contributed by atoms with Gasteiger partial charge in [-0.05, 0) is 12.1 Å². The molecule has 0 unspecified atom stereocenters. The summed E-state index contributed by atoms with van der Waals surface area (Å²) in [5.41, 5.74) is 6.25. The Bertz CT molecular complexity index is 631. The normalized spacial score (nSPS) is 9.90. The van der Waals surface area contributed by atoms with E-state index in [1.165, 1.54) is 26.6 Å². The topological polar surface area (TPSA) is 96.6 Å². The molecule has 0 atom stereocenters. The quantitative estimate of drug-likeness (QED) is 0.669. The number of rotatable bonds is 4. The maximum absolute atomic E-state index is 11.4. The van der Waals surface area contributed by atoms with E-state index >= 15 is 0 Å². The van der Waals surface area contributed by atoms with Crippen LogP contribution in [0.25, 0.3) is 0 Å². The number of esters is 1. The molecule has 0 saturated carbocycles. The highest BCUT2D eigenvalue weighted by Crippen LogP contribution is 2.32. The van der Waals surface area contributed by atoms with Crippen molar-refractivity contribution in [3.8, 4) is 17.4 Å². The largest absolute Gasteiger partial charge is 0.493 e. The van der Waals surface area contributed by atoms with Crippen LogP contribution in [0.15, 0.2) is 30.6 Å². The highest BCUT2D eigenvalue weighted by Gasteiger charge is 2.11. The zero-order valence-corrected chi connectivity index (χ0v) is 11.0. The second-order valence-corrected chi connectivity index (χ2v) is 3.75. The average molecular weight is 275 g/mol. The van der Waals surface area contributed by atoms with E-state index < -0.39 is 5.97 Å². The molecule has 0 saturated heterocycles. The van der Waals surface area contributed by atoms with Crippen LogP contribution < -0.4 is 15.2 Å². The highest BCUT2D eigenvalue weighted by atomic mass is 16.5. The summed E-state index contributed by atoms with van der Waals surface area (Å²) in [4.78, 5) is 19.2. The third-order valence-corrected chi connectivity index (χ3v) is 2.41. The van der Waals surface area contributed by atoms with Crippen molar-refractivity contribution in [2.75, 3.05) is 20.0 Å². The Balaban J connectivity index is 2.28. The molecule has 1 aromatic carbocycles. The van der Waals surface area contributed by atoms with Gasteiger partial charge in [-0.25, -0.2) is 9.78 Å². The molecule has 20 heavy (non-hydrogen) atoms. The van der Waals surface area contributed by atoms with Crippen LogP contribution in [0.3, 0.4) is 0 Å². The molecule has 1 aromatic heterocycles. The average Bonchev–Trinajstić information content (AvgIpc) is 2.48. The van der Waals surface area contributed by atoms with Crippen LogP contribution in [0.2, 0.25) is 0 Å². The zero-order valence-electron chi connectivity index (χ0n) is 11.0. The Kier molecular flexibility index (Phi) is 3.99. The van der Waals surface area contributed by atoms with Gasteiger partial charge >= 0.3 is 5.97 Å². The number of hydrogen-bond acceptors (Lipinski definition) is 7. The number of benzene rings is 1. The van der Waals surface area contributed by atoms with Gasteiger partial charge in [0.15, 0.2) is 17.2 Å². The fourth-order valence-electron chi connectivity index (χ4n) is 1.48. The summed E-state index contributed by atoms with van der Waals surface area (Å²) in [5, 5.41) is 0. The van der Waals surface area contributed by atoms with E-state index in [0.29, 0.717) is 17.2 Å². The Morgan fingerprint density at radius 3 is 2.70 bits per heavy atom. The van der Waals surface area contributed by atoms with Gasteiger partial charge in [-0.3, -0.25) is 4.98 Å². The molecule has 0 amide bonds. The van der Waals surface area contributed by atoms with Crippen molar-refractivity contribution in [1.82, 2.24) is 9.97 Å². The van der Waals surface area contributed by atoms with Crippen LogP contribution in [-0.2, 0) is 4.74 Å². The van der Waals surface area contributed by atoms with Crippen LogP contribution in [0.4, 0.5) is 5.69 Å². The van der Waals surface area contributed by atoms with E-state index in [0.717, 1.165) is 0 Å². The van der Waals surface area contributed by atoms with E-state index in [2.05, 4.69) is 14.7 Å². The van der Waals surface area contributed by atoms with Crippen molar-refractivity contribution < 1.29 is 19.0 Å². The summed E-state index contributed by atoms with van der Waals surface area (Å²) < 4.78 is 15.2. The second kappa shape index (κ2) is 5.87. The van der Waals surface area contributed by atoms with Gasteiger partial charge in [0.2, 0.25) is 5.88 Å². The fraction of sp³-hybridized carbons (Fsp3) is 0.154. The minimum absolute atomic E-state index is 0.0550. The number of hydrogen-bond donors (Lipinski definition) is 1. The smallest absolute Gasteiger partial charge is 0.358 e. The highest BCUT2D eigenvalue weighted by molar-refractivity contribution is 5.86. The Labute approximate surface area is 115 Å². The van der Waals surface area contributed by atoms with Gasteiger partial charge in [-0.1, -0.05) is 0 Å². The van der Waals surface area contributed by atoms with Crippen LogP contribution in [-0.4, -0.2) is 30.2 Å². The molecule has 0 bridgehead atoms. The van der Waals surface area contributed by atoms with Crippen molar-refractivity contribution in [2.45, 2.75) is 0 Å². The molecular formula is C13H13N3O4. The first-order chi connectivity index (χ1) is 9.63. The van der Waals surface area contributed by atoms with Gasteiger partial charge in [0.1, 0.15) is 0 Å². The summed E-state index contributed by atoms with van der Waals surface area (Å²) in [5.74, 6) is 0.427. The molecule has 0 aliphatic heterocycles. The maximum Gasteiger partial charge on any atom is 0.358 e. The first-order valence-corrected chi connectivity index (χ1v) is 5.65. The van der Waals surface area contributed by atoms with Crippen molar-refractivity contribution >= 4 is 11.7 Å². The first-order valence-electron chi connectivity index (χ1n) is 5.65. The third-order valence-electron chi connectivity index (χ3n) is 2.41. The summed E-state index contributed by atoms with van der Waals surface area (Å²) in [6.45, 7) is 0. The molecule has 0 fully saturated rings. The zero-order chi connectivity index (χ0) is 14.5. The standard InChI is InChI=1S/C13H13N3O4/c1-18-11-5-8(14)3-4-10(11)20-12-7-15-6-9(16-12)13(17)19-2/h3-7H,14H2,1-2H3. The molecular weight excluding hydrogens is 262 g/mol. The van der Waals surface area contributed by atoms with Crippen LogP contribution in [0.1, 0.15) is 10.5 Å². The fourth-order valence-corrected chi connectivity index (χ4v) is 1.48. The predicted molar refractivity (Wildman–Crippen MR) is 70.9 cm³/mol. The van der Waals surface area contributed by atoms with Gasteiger partial charge < -0.3 is 19.9 Å². The molecule has 0 aliphatic rings. The maximum atomic E-state index is 11.4. The minimum atomic E-state index is -0.591. The number of ether oxygens (including phenoxy) is 3. The predicted octanol–water partition coefficient (Wildman–Crippen LogP) is 1.65. The Morgan fingerprint density at radius 2 is 2.00 bits per heavy atom. The van der Waals surface area contributed by atoms with Crippen LogP contribution in [0.5, 0.6) is 17.4 Å². The van der Waals surface area contributed by atoms with E-state index in [-0.39, 0.29) is 11.6 Å². The molecule has 0 radical (unpaired) electrons. The summed E-state index contributed by atoms with van der Waals surface area (Å²) in [6, 6.07) is 4.92. The molecule has 2 rings (SSSR count). The Morgan fingerprint density at radius 1 is 1.20 bits per heavy atom. The number of carbonyl (C=O) groups is 1. The lowest BCUT2D eigenvalue weighted by Gasteiger charge is -2.10. The van der Waals surface area contributed by atoms with Gasteiger partial charge in [0, 0.05) is 11.8 Å². The van der Waals surface area contributed by atoms with Gasteiger partial charge in [0.05, 0.1) is 26.6 Å². The number of methoxy groups -OCH3 is 2. The number of aromatic nitrogens is 2. The molecule has 0 spiro atoms. The van der Waals surface area contributed by atoms with E-state index in [4.69, 9.17) is 15.2 Å². The molecule has 2 aromatic rings. The summed E-state index contributed by atoms with van der Waals surface area (Å²) in [6.07, 6.45) is 2.67. The van der Waals surface area contributed by atoms with Crippen LogP contribution >= 0.6 is 0 Å². The SMILES string of the molecule is COC(=O)c1cncc(Oc2ccc(N)cc2OC)n1. The van der Waals surface area contributed by atoms with E-state index in [1.54, 1.807) is 18.2 Å². The van der Waals surface area contributed by atoms with Gasteiger partial charge in [0.25, 0.3) is 0 Å². The van der Waals surface area contributed by atoms with Crippen molar-refractivity contribution in [1.29, 1.82) is 0 Å². The number of nitrogens with two attached hydrogens (primary N) is 1. The molecule has 7 heteroatoms. The van der Waals surface area contributed by atoms with Crippen molar-refractivity contribution in [3.63, 3.8) is 0 Å². The number of carbonyl (C=O) groups excluding carboxylic acids is 1. The molecule has 7 nitrogen and oxygen atoms in total. The number of nitrogens with zero attached hydrogens (tertiary/aromatic N) is 2. The molecule has 104 valence electrons. The first kappa shape index (κ1) is 13.6. The molecule has 0 aliphatic carbocycles.